The highest BCUT2D eigenvalue weighted by Crippen LogP contribution is 2.32. The van der Waals surface area contributed by atoms with Crippen molar-refractivity contribution in [3.8, 4) is 0 Å². The van der Waals surface area contributed by atoms with Gasteiger partial charge in [-0.3, -0.25) is 4.79 Å². The highest BCUT2D eigenvalue weighted by Gasteiger charge is 2.06. The monoisotopic (exact) mass is 236 g/mol. The number of thioether (sulfide) groups is 1. The predicted octanol–water partition coefficient (Wildman–Crippen LogP) is 3.17. The third-order valence-electron chi connectivity index (χ3n) is 1.27. The molecule has 1 aromatic rings. The van der Waals surface area contributed by atoms with Gasteiger partial charge in [0, 0.05) is 4.90 Å². The molecule has 0 spiro atoms. The Bertz CT molecular complexity index is 328. The van der Waals surface area contributed by atoms with Gasteiger partial charge in [0.15, 0.2) is 0 Å². The van der Waals surface area contributed by atoms with Crippen LogP contribution in [0.25, 0.3) is 0 Å². The molecule has 0 aliphatic rings. The quantitative estimate of drug-likeness (QED) is 0.820. The Morgan fingerprint density at radius 1 is 1.46 bits per heavy atom. The molecule has 70 valence electrons. The van der Waals surface area contributed by atoms with Gasteiger partial charge in [0.05, 0.1) is 15.8 Å². The molecule has 1 N–H and O–H groups in total. The average molecular weight is 237 g/mol. The summed E-state index contributed by atoms with van der Waals surface area (Å²) in [6.45, 7) is 0. The lowest BCUT2D eigenvalue weighted by Crippen LogP contribution is -1.97. The van der Waals surface area contributed by atoms with Crippen LogP contribution in [-0.4, -0.2) is 16.8 Å². The number of hydrogen-bond acceptors (Lipinski definition) is 2. The van der Waals surface area contributed by atoms with E-state index in [1.165, 1.54) is 0 Å². The summed E-state index contributed by atoms with van der Waals surface area (Å²) in [6.07, 6.45) is 0. The zero-order chi connectivity index (χ0) is 9.84. The van der Waals surface area contributed by atoms with E-state index in [1.807, 2.05) is 0 Å². The van der Waals surface area contributed by atoms with Crippen molar-refractivity contribution < 1.29 is 9.90 Å². The SMILES string of the molecule is O=C(O)CSc1cccc(Cl)c1Cl. The fourth-order valence-electron chi connectivity index (χ4n) is 0.735. The normalized spacial score (nSPS) is 10.0. The van der Waals surface area contributed by atoms with Crippen LogP contribution in [0.5, 0.6) is 0 Å². The van der Waals surface area contributed by atoms with Gasteiger partial charge in [-0.15, -0.1) is 11.8 Å². The summed E-state index contributed by atoms with van der Waals surface area (Å²) < 4.78 is 0. The van der Waals surface area contributed by atoms with E-state index in [0.29, 0.717) is 14.9 Å². The topological polar surface area (TPSA) is 37.3 Å². The number of hydrogen-bond donors (Lipinski definition) is 1. The maximum atomic E-state index is 10.3. The van der Waals surface area contributed by atoms with Gasteiger partial charge in [-0.2, -0.15) is 0 Å². The average Bonchev–Trinajstić information content (AvgIpc) is 2.07. The first-order valence-corrected chi connectivity index (χ1v) is 5.14. The number of carboxylic acids is 1. The number of halogens is 2. The number of aliphatic carboxylic acids is 1. The highest BCUT2D eigenvalue weighted by atomic mass is 35.5. The second kappa shape index (κ2) is 4.74. The van der Waals surface area contributed by atoms with Gasteiger partial charge in [-0.05, 0) is 12.1 Å². The van der Waals surface area contributed by atoms with Gasteiger partial charge in [0.1, 0.15) is 0 Å². The van der Waals surface area contributed by atoms with Crippen molar-refractivity contribution in [1.29, 1.82) is 0 Å². The highest BCUT2D eigenvalue weighted by molar-refractivity contribution is 8.00. The van der Waals surface area contributed by atoms with Gasteiger partial charge < -0.3 is 5.11 Å². The summed E-state index contributed by atoms with van der Waals surface area (Å²) >= 11 is 12.7. The first kappa shape index (κ1) is 10.7. The minimum Gasteiger partial charge on any atom is -0.481 e. The van der Waals surface area contributed by atoms with Crippen molar-refractivity contribution in [2.45, 2.75) is 4.90 Å². The number of carbonyl (C=O) groups is 1. The summed E-state index contributed by atoms with van der Waals surface area (Å²) in [6, 6.07) is 5.13. The predicted molar refractivity (Wildman–Crippen MR) is 54.8 cm³/mol. The first-order chi connectivity index (χ1) is 6.11. The molecule has 0 bridgehead atoms. The van der Waals surface area contributed by atoms with Crippen molar-refractivity contribution in [3.05, 3.63) is 28.2 Å². The van der Waals surface area contributed by atoms with Crippen LogP contribution in [0.3, 0.4) is 0 Å². The molecule has 0 saturated carbocycles. The molecule has 0 fully saturated rings. The van der Waals surface area contributed by atoms with Crippen LogP contribution >= 0.6 is 35.0 Å². The molecular formula is C8H6Cl2O2S. The molecule has 0 amide bonds. The molecule has 0 heterocycles. The second-order valence-corrected chi connectivity index (χ2v) is 4.04. The van der Waals surface area contributed by atoms with E-state index in [0.717, 1.165) is 11.8 Å². The molecule has 1 aromatic carbocycles. The van der Waals surface area contributed by atoms with Gasteiger partial charge >= 0.3 is 5.97 Å². The largest absolute Gasteiger partial charge is 0.481 e. The van der Waals surface area contributed by atoms with E-state index in [1.54, 1.807) is 18.2 Å². The van der Waals surface area contributed by atoms with Crippen molar-refractivity contribution in [2.24, 2.45) is 0 Å². The van der Waals surface area contributed by atoms with E-state index < -0.39 is 5.97 Å². The molecule has 0 saturated heterocycles. The van der Waals surface area contributed by atoms with E-state index in [4.69, 9.17) is 28.3 Å². The van der Waals surface area contributed by atoms with Crippen LogP contribution < -0.4 is 0 Å². The molecule has 0 unspecified atom stereocenters. The maximum absolute atomic E-state index is 10.3. The second-order valence-electron chi connectivity index (χ2n) is 2.23. The molecular weight excluding hydrogens is 231 g/mol. The number of benzene rings is 1. The van der Waals surface area contributed by atoms with E-state index in [9.17, 15) is 4.79 Å². The van der Waals surface area contributed by atoms with Crippen molar-refractivity contribution >= 4 is 40.9 Å². The van der Waals surface area contributed by atoms with Crippen LogP contribution in [-0.2, 0) is 4.79 Å². The lowest BCUT2D eigenvalue weighted by Gasteiger charge is -2.02. The molecule has 0 aliphatic carbocycles. The maximum Gasteiger partial charge on any atom is 0.313 e. The Labute approximate surface area is 89.8 Å². The molecule has 0 atom stereocenters. The summed E-state index contributed by atoms with van der Waals surface area (Å²) in [5.41, 5.74) is 0. The Morgan fingerprint density at radius 3 is 2.77 bits per heavy atom. The van der Waals surface area contributed by atoms with E-state index >= 15 is 0 Å². The summed E-state index contributed by atoms with van der Waals surface area (Å²) in [4.78, 5) is 11.0. The molecule has 13 heavy (non-hydrogen) atoms. The number of carboxylic acid groups (broad SMARTS) is 1. The molecule has 0 radical (unpaired) electrons. The minimum absolute atomic E-state index is 0.0138. The van der Waals surface area contributed by atoms with Crippen LogP contribution in [0.15, 0.2) is 23.1 Å². The van der Waals surface area contributed by atoms with Gasteiger partial charge in [0.25, 0.3) is 0 Å². The fourth-order valence-corrected chi connectivity index (χ4v) is 1.95. The summed E-state index contributed by atoms with van der Waals surface area (Å²) in [5, 5.41) is 9.29. The lowest BCUT2D eigenvalue weighted by atomic mass is 10.4. The minimum atomic E-state index is -0.874. The van der Waals surface area contributed by atoms with Gasteiger partial charge in [-0.25, -0.2) is 0 Å². The van der Waals surface area contributed by atoms with Gasteiger partial charge in [0.2, 0.25) is 0 Å². The number of rotatable bonds is 3. The third kappa shape index (κ3) is 3.10. The Balaban J connectivity index is 2.77. The van der Waals surface area contributed by atoms with Crippen molar-refractivity contribution in [2.75, 3.05) is 5.75 Å². The third-order valence-corrected chi connectivity index (χ3v) is 3.24. The van der Waals surface area contributed by atoms with E-state index in [-0.39, 0.29) is 5.75 Å². The fraction of sp³-hybridized carbons (Fsp3) is 0.125. The van der Waals surface area contributed by atoms with Crippen LogP contribution in [0.1, 0.15) is 0 Å². The standard InChI is InChI=1S/C8H6Cl2O2S/c9-5-2-1-3-6(8(5)10)13-4-7(11)12/h1-3H,4H2,(H,11,12). The van der Waals surface area contributed by atoms with Crippen LogP contribution in [0, 0.1) is 0 Å². The first-order valence-electron chi connectivity index (χ1n) is 3.40. The van der Waals surface area contributed by atoms with E-state index in [2.05, 4.69) is 0 Å². The van der Waals surface area contributed by atoms with Crippen LogP contribution in [0.4, 0.5) is 0 Å². The van der Waals surface area contributed by atoms with Crippen LogP contribution in [0.2, 0.25) is 10.0 Å². The summed E-state index contributed by atoms with van der Waals surface area (Å²) in [7, 11) is 0. The molecule has 0 aromatic heterocycles. The smallest absolute Gasteiger partial charge is 0.313 e. The zero-order valence-electron chi connectivity index (χ0n) is 6.46. The Hall–Kier alpha value is -0.380. The van der Waals surface area contributed by atoms with Crippen molar-refractivity contribution in [1.82, 2.24) is 0 Å². The molecule has 1 rings (SSSR count). The Morgan fingerprint density at radius 2 is 2.15 bits per heavy atom. The Kier molecular flexibility index (Phi) is 3.90. The molecule has 0 aliphatic heterocycles. The van der Waals surface area contributed by atoms with Crippen molar-refractivity contribution in [3.63, 3.8) is 0 Å². The summed E-state index contributed by atoms with van der Waals surface area (Å²) in [5.74, 6) is -0.888. The molecule has 5 heteroatoms. The van der Waals surface area contributed by atoms with Gasteiger partial charge in [-0.1, -0.05) is 29.3 Å². The zero-order valence-corrected chi connectivity index (χ0v) is 8.79. The lowest BCUT2D eigenvalue weighted by molar-refractivity contribution is -0.133. The molecule has 2 nitrogen and oxygen atoms in total.